The van der Waals surface area contributed by atoms with Gasteiger partial charge in [0.1, 0.15) is 6.04 Å². The van der Waals surface area contributed by atoms with Crippen molar-refractivity contribution in [3.05, 3.63) is 29.8 Å². The van der Waals surface area contributed by atoms with E-state index in [1.165, 1.54) is 0 Å². The molecular formula is C44H76N6O7. The zero-order valence-electron chi connectivity index (χ0n) is 37.5. The Morgan fingerprint density at radius 1 is 0.860 bits per heavy atom. The van der Waals surface area contributed by atoms with Crippen LogP contribution in [-0.4, -0.2) is 122 Å². The standard InChI is InChI=1S/C44H76N6O7/c1-15-29(8)40(49(12)44(55)33(26(2)3)23-35(51)39(28(6)7)48(10)11)36(56-13)24-37(52)50-22-16-17-34(50)41(57-14)30(9)42(53)47-38(27(4)5)43(54)46-25-31-18-20-32(45)21-19-31/h18-21,26-30,33-34,36,38-41H,15-17,22-25,45H2,1-14H3,(H,46,54)(H,47,53)/t29-,30+,33-,34-,36+,38-,39-,40-,41+/m0/s1. The zero-order valence-corrected chi connectivity index (χ0v) is 37.5. The van der Waals surface area contributed by atoms with Crippen LogP contribution in [0.1, 0.15) is 100.0 Å². The molecule has 0 unspecified atom stereocenters. The second-order valence-electron chi connectivity index (χ2n) is 17.5. The van der Waals surface area contributed by atoms with Crippen molar-refractivity contribution in [3.63, 3.8) is 0 Å². The first-order chi connectivity index (χ1) is 26.7. The molecule has 4 N–H and O–H groups in total. The number of likely N-dealkylation sites (tertiary alicyclic amines) is 1. The number of carbonyl (C=O) groups excluding carboxylic acids is 5. The lowest BCUT2D eigenvalue weighted by Gasteiger charge is -2.41. The van der Waals surface area contributed by atoms with Crippen LogP contribution in [0.4, 0.5) is 5.69 Å². The predicted molar refractivity (Wildman–Crippen MR) is 226 cm³/mol. The maximum Gasteiger partial charge on any atom is 0.243 e. The molecule has 1 aromatic rings. The van der Waals surface area contributed by atoms with Crippen LogP contribution in [0.5, 0.6) is 0 Å². The SMILES string of the molecule is CC[C@H](C)[C@@H]([C@@H](CC(=O)N1CCC[C@H]1[C@H](OC)[C@@H](C)C(=O)N[C@H](C(=O)NCc1ccc(N)cc1)C(C)C)OC)N(C)C(=O)[C@@H](CC(=O)[C@H](C(C)C)N(C)C)C(C)C. The first kappa shape index (κ1) is 49.6. The van der Waals surface area contributed by atoms with E-state index in [9.17, 15) is 24.0 Å². The highest BCUT2D eigenvalue weighted by atomic mass is 16.5. The maximum atomic E-state index is 14.3. The van der Waals surface area contributed by atoms with Crippen LogP contribution in [0.3, 0.4) is 0 Å². The van der Waals surface area contributed by atoms with Crippen LogP contribution in [0.25, 0.3) is 0 Å². The number of carbonyl (C=O) groups is 5. The highest BCUT2D eigenvalue weighted by molar-refractivity contribution is 5.90. The molecule has 4 amide bonds. The van der Waals surface area contributed by atoms with Crippen LogP contribution in [0, 0.1) is 35.5 Å². The van der Waals surface area contributed by atoms with Gasteiger partial charge in [0.15, 0.2) is 5.78 Å². The average molecular weight is 801 g/mol. The van der Waals surface area contributed by atoms with E-state index in [1.54, 1.807) is 50.1 Å². The number of rotatable bonds is 23. The fourth-order valence-corrected chi connectivity index (χ4v) is 8.52. The van der Waals surface area contributed by atoms with Crippen LogP contribution in [0.2, 0.25) is 0 Å². The third-order valence-electron chi connectivity index (χ3n) is 12.0. The molecule has 0 bridgehead atoms. The highest BCUT2D eigenvalue weighted by Gasteiger charge is 2.43. The third kappa shape index (κ3) is 13.5. The highest BCUT2D eigenvalue weighted by Crippen LogP contribution is 2.31. The number of benzene rings is 1. The minimum absolute atomic E-state index is 0.00666. The summed E-state index contributed by atoms with van der Waals surface area (Å²) in [6, 6.07) is 5.37. The van der Waals surface area contributed by atoms with Gasteiger partial charge in [0.2, 0.25) is 23.6 Å². The molecule has 1 aliphatic rings. The van der Waals surface area contributed by atoms with E-state index in [0.29, 0.717) is 25.2 Å². The number of hydrogen-bond donors (Lipinski definition) is 3. The molecule has 0 radical (unpaired) electrons. The molecule has 1 aliphatic heterocycles. The normalized spacial score (nSPS) is 18.8. The monoisotopic (exact) mass is 801 g/mol. The van der Waals surface area contributed by atoms with Gasteiger partial charge in [-0.15, -0.1) is 0 Å². The van der Waals surface area contributed by atoms with Crippen LogP contribution in [0.15, 0.2) is 24.3 Å². The Hall–Kier alpha value is -3.55. The molecule has 1 fully saturated rings. The number of ketones is 1. The van der Waals surface area contributed by atoms with Crippen molar-refractivity contribution in [1.82, 2.24) is 25.3 Å². The summed E-state index contributed by atoms with van der Waals surface area (Å²) in [5, 5.41) is 5.88. The van der Waals surface area contributed by atoms with Crippen molar-refractivity contribution in [2.24, 2.45) is 35.5 Å². The molecule has 0 aromatic heterocycles. The number of amides is 4. The van der Waals surface area contributed by atoms with Crippen LogP contribution < -0.4 is 16.4 Å². The van der Waals surface area contributed by atoms with Gasteiger partial charge in [-0.2, -0.15) is 0 Å². The topological polar surface area (TPSA) is 164 Å². The summed E-state index contributed by atoms with van der Waals surface area (Å²) in [5.74, 6) is -2.21. The van der Waals surface area contributed by atoms with Crippen LogP contribution >= 0.6 is 0 Å². The second-order valence-corrected chi connectivity index (χ2v) is 17.5. The average Bonchev–Trinajstić information content (AvgIpc) is 3.64. The Kier molecular flexibility index (Phi) is 20.1. The zero-order chi connectivity index (χ0) is 43.3. The Balaban J connectivity index is 2.25. The number of likely N-dealkylation sites (N-methyl/N-ethyl adjacent to an activating group) is 2. The van der Waals surface area contributed by atoms with E-state index in [2.05, 4.69) is 24.5 Å². The first-order valence-corrected chi connectivity index (χ1v) is 20.9. The molecule has 2 rings (SSSR count). The molecule has 13 heteroatoms. The molecule has 0 aliphatic carbocycles. The Labute approximate surface area is 343 Å². The van der Waals surface area contributed by atoms with Gasteiger partial charge in [-0.05, 0) is 68.3 Å². The van der Waals surface area contributed by atoms with E-state index >= 15 is 0 Å². The van der Waals surface area contributed by atoms with Gasteiger partial charge in [0.25, 0.3) is 0 Å². The smallest absolute Gasteiger partial charge is 0.243 e. The molecule has 0 saturated carbocycles. The maximum absolute atomic E-state index is 14.3. The molecule has 13 nitrogen and oxygen atoms in total. The van der Waals surface area contributed by atoms with Crippen LogP contribution in [-0.2, 0) is 40.0 Å². The summed E-state index contributed by atoms with van der Waals surface area (Å²) < 4.78 is 12.0. The quantitative estimate of drug-likeness (QED) is 0.133. The van der Waals surface area contributed by atoms with Crippen molar-refractivity contribution >= 4 is 35.1 Å². The van der Waals surface area contributed by atoms with E-state index in [0.717, 1.165) is 18.4 Å². The van der Waals surface area contributed by atoms with E-state index in [-0.39, 0.29) is 78.0 Å². The van der Waals surface area contributed by atoms with Gasteiger partial charge in [-0.3, -0.25) is 28.9 Å². The van der Waals surface area contributed by atoms with Crippen molar-refractivity contribution in [2.75, 3.05) is 47.6 Å². The third-order valence-corrected chi connectivity index (χ3v) is 12.0. The van der Waals surface area contributed by atoms with Crippen molar-refractivity contribution in [1.29, 1.82) is 0 Å². The molecule has 324 valence electrons. The van der Waals surface area contributed by atoms with Gasteiger partial charge in [-0.1, -0.05) is 80.9 Å². The molecule has 1 heterocycles. The Morgan fingerprint density at radius 2 is 1.47 bits per heavy atom. The molecule has 57 heavy (non-hydrogen) atoms. The summed E-state index contributed by atoms with van der Waals surface area (Å²) in [6.45, 7) is 18.4. The summed E-state index contributed by atoms with van der Waals surface area (Å²) in [5.41, 5.74) is 7.32. The number of hydrogen-bond acceptors (Lipinski definition) is 9. The van der Waals surface area contributed by atoms with E-state index in [1.807, 2.05) is 72.7 Å². The fraction of sp³-hybridized carbons (Fsp3) is 0.750. The van der Waals surface area contributed by atoms with Gasteiger partial charge >= 0.3 is 0 Å². The number of nitrogens with one attached hydrogen (secondary N) is 2. The van der Waals surface area contributed by atoms with Crippen molar-refractivity contribution in [3.8, 4) is 0 Å². The van der Waals surface area contributed by atoms with E-state index < -0.39 is 36.1 Å². The summed E-state index contributed by atoms with van der Waals surface area (Å²) in [7, 11) is 8.67. The number of anilines is 1. The number of Topliss-reactive ketones (excluding diaryl/α,β-unsaturated/α-hetero) is 1. The number of nitrogen functional groups attached to an aromatic ring is 1. The molecule has 9 atom stereocenters. The molecule has 1 saturated heterocycles. The predicted octanol–water partition coefficient (Wildman–Crippen LogP) is 4.76. The number of methoxy groups -OCH3 is 2. The second kappa shape index (κ2) is 23.1. The molecule has 0 spiro atoms. The molecular weight excluding hydrogens is 725 g/mol. The van der Waals surface area contributed by atoms with Gasteiger partial charge in [-0.25, -0.2) is 0 Å². The summed E-state index contributed by atoms with van der Waals surface area (Å²) in [4.78, 5) is 74.6. The molecule has 1 aromatic carbocycles. The number of nitrogens with two attached hydrogens (primary N) is 1. The van der Waals surface area contributed by atoms with Gasteiger partial charge in [0.05, 0.1) is 42.7 Å². The summed E-state index contributed by atoms with van der Waals surface area (Å²) in [6.07, 6.45) is 1.07. The summed E-state index contributed by atoms with van der Waals surface area (Å²) >= 11 is 0. The minimum atomic E-state index is -0.773. The first-order valence-electron chi connectivity index (χ1n) is 20.9. The lowest BCUT2D eigenvalue weighted by Crippen LogP contribution is -2.55. The minimum Gasteiger partial charge on any atom is -0.399 e. The van der Waals surface area contributed by atoms with Crippen molar-refractivity contribution < 1.29 is 33.4 Å². The Morgan fingerprint density at radius 3 is 1.96 bits per heavy atom. The van der Waals surface area contributed by atoms with Gasteiger partial charge in [0, 0.05) is 52.4 Å². The lowest BCUT2D eigenvalue weighted by molar-refractivity contribution is -0.149. The number of nitrogens with zero attached hydrogens (tertiary/aromatic N) is 3. The van der Waals surface area contributed by atoms with Gasteiger partial charge < -0.3 is 35.6 Å². The number of ether oxygens (including phenoxy) is 2. The lowest BCUT2D eigenvalue weighted by atomic mass is 9.83. The largest absolute Gasteiger partial charge is 0.399 e. The fourth-order valence-electron chi connectivity index (χ4n) is 8.52. The Bertz CT molecular complexity index is 1440. The van der Waals surface area contributed by atoms with Crippen molar-refractivity contribution in [2.45, 2.75) is 137 Å². The van der Waals surface area contributed by atoms with E-state index in [4.69, 9.17) is 15.2 Å².